The third kappa shape index (κ3) is 3.78. The second kappa shape index (κ2) is 7.61. The maximum absolute atomic E-state index is 12.6. The molecule has 0 spiro atoms. The summed E-state index contributed by atoms with van der Waals surface area (Å²) in [4.78, 5) is 17.0. The summed E-state index contributed by atoms with van der Waals surface area (Å²) < 4.78 is 5.91. The molecule has 0 saturated carbocycles. The molecule has 1 aromatic rings. The molecule has 0 bridgehead atoms. The molecule has 0 radical (unpaired) electrons. The van der Waals surface area contributed by atoms with Crippen LogP contribution in [0.1, 0.15) is 23.2 Å². The van der Waals surface area contributed by atoms with Gasteiger partial charge in [-0.3, -0.25) is 9.69 Å². The Morgan fingerprint density at radius 1 is 1.09 bits per heavy atom. The van der Waals surface area contributed by atoms with E-state index >= 15 is 0 Å². The first-order chi connectivity index (χ1) is 10.8. The molecule has 0 atom stereocenters. The summed E-state index contributed by atoms with van der Waals surface area (Å²) in [7, 11) is 0. The Kier molecular flexibility index (Phi) is 5.29. The summed E-state index contributed by atoms with van der Waals surface area (Å²) >= 11 is 0. The Hall–Kier alpha value is -1.59. The second-order valence-electron chi connectivity index (χ2n) is 5.94. The molecule has 1 N–H and O–H groups in total. The number of nitrogens with one attached hydrogen (secondary N) is 1. The van der Waals surface area contributed by atoms with Crippen molar-refractivity contribution in [1.29, 1.82) is 0 Å². The van der Waals surface area contributed by atoms with E-state index in [1.165, 1.54) is 25.9 Å². The van der Waals surface area contributed by atoms with Crippen molar-refractivity contribution in [2.24, 2.45) is 0 Å². The summed E-state index contributed by atoms with van der Waals surface area (Å²) in [5, 5.41) is 3.27. The highest BCUT2D eigenvalue weighted by atomic mass is 16.5. The van der Waals surface area contributed by atoms with Gasteiger partial charge in [-0.15, -0.1) is 0 Å². The van der Waals surface area contributed by atoms with Gasteiger partial charge in [0.15, 0.2) is 0 Å². The molecule has 0 aromatic heterocycles. The fourth-order valence-corrected chi connectivity index (χ4v) is 3.10. The lowest BCUT2D eigenvalue weighted by molar-refractivity contribution is 0.0731. The molecule has 2 heterocycles. The van der Waals surface area contributed by atoms with E-state index in [1.54, 1.807) is 0 Å². The summed E-state index contributed by atoms with van der Waals surface area (Å²) in [5.74, 6) is 0.795. The van der Waals surface area contributed by atoms with Crippen molar-refractivity contribution in [1.82, 2.24) is 15.1 Å². The van der Waals surface area contributed by atoms with E-state index in [1.807, 2.05) is 29.2 Å². The average molecular weight is 303 g/mol. The van der Waals surface area contributed by atoms with Gasteiger partial charge >= 0.3 is 0 Å². The third-order valence-corrected chi connectivity index (χ3v) is 4.39. The number of amides is 1. The van der Waals surface area contributed by atoms with Crippen LogP contribution in [-0.2, 0) is 0 Å². The van der Waals surface area contributed by atoms with E-state index < -0.39 is 0 Å². The zero-order valence-corrected chi connectivity index (χ0v) is 13.1. The van der Waals surface area contributed by atoms with Crippen LogP contribution in [0.25, 0.3) is 0 Å². The van der Waals surface area contributed by atoms with E-state index in [0.717, 1.165) is 32.7 Å². The molecule has 2 fully saturated rings. The van der Waals surface area contributed by atoms with E-state index in [0.29, 0.717) is 17.9 Å². The number of carbonyl (C=O) groups excluding carboxylic acids is 1. The molecule has 5 nitrogen and oxygen atoms in total. The van der Waals surface area contributed by atoms with Gasteiger partial charge in [0.25, 0.3) is 5.91 Å². The van der Waals surface area contributed by atoms with Gasteiger partial charge in [0.1, 0.15) is 12.4 Å². The molecule has 2 aliphatic rings. The molecule has 1 amide bonds. The van der Waals surface area contributed by atoms with Crippen molar-refractivity contribution in [2.45, 2.75) is 12.8 Å². The Bertz CT molecular complexity index is 494. The predicted molar refractivity (Wildman–Crippen MR) is 86.4 cm³/mol. The van der Waals surface area contributed by atoms with Crippen molar-refractivity contribution < 1.29 is 9.53 Å². The minimum Gasteiger partial charge on any atom is -0.491 e. The monoisotopic (exact) mass is 303 g/mol. The Labute approximate surface area is 132 Å². The first-order valence-corrected chi connectivity index (χ1v) is 8.29. The topological polar surface area (TPSA) is 44.8 Å². The van der Waals surface area contributed by atoms with E-state index in [9.17, 15) is 4.79 Å². The minimum absolute atomic E-state index is 0.0817. The van der Waals surface area contributed by atoms with Crippen LogP contribution in [0.3, 0.4) is 0 Å². The van der Waals surface area contributed by atoms with Crippen LogP contribution in [0.4, 0.5) is 0 Å². The van der Waals surface area contributed by atoms with Gasteiger partial charge < -0.3 is 15.0 Å². The number of carbonyl (C=O) groups is 1. The maximum atomic E-state index is 12.6. The highest BCUT2D eigenvalue weighted by molar-refractivity contribution is 5.97. The van der Waals surface area contributed by atoms with Crippen molar-refractivity contribution in [3.63, 3.8) is 0 Å². The SMILES string of the molecule is O=C(c1ccccc1OCCN1CCCC1)N1CCNCC1. The molecule has 5 heteroatoms. The zero-order valence-electron chi connectivity index (χ0n) is 13.1. The van der Waals surface area contributed by atoms with Crippen LogP contribution in [-0.4, -0.2) is 68.1 Å². The summed E-state index contributed by atoms with van der Waals surface area (Å²) in [5.41, 5.74) is 0.686. The lowest BCUT2D eigenvalue weighted by Crippen LogP contribution is -2.46. The minimum atomic E-state index is 0.0817. The molecule has 3 rings (SSSR count). The van der Waals surface area contributed by atoms with Gasteiger partial charge in [0, 0.05) is 32.7 Å². The van der Waals surface area contributed by atoms with Gasteiger partial charge in [-0.25, -0.2) is 0 Å². The average Bonchev–Trinajstić information content (AvgIpc) is 3.09. The van der Waals surface area contributed by atoms with Crippen LogP contribution >= 0.6 is 0 Å². The first kappa shape index (κ1) is 15.3. The lowest BCUT2D eigenvalue weighted by Gasteiger charge is -2.28. The molecule has 22 heavy (non-hydrogen) atoms. The van der Waals surface area contributed by atoms with Crippen LogP contribution in [0, 0.1) is 0 Å². The van der Waals surface area contributed by atoms with Gasteiger partial charge in [0.2, 0.25) is 0 Å². The largest absolute Gasteiger partial charge is 0.491 e. The fraction of sp³-hybridized carbons (Fsp3) is 0.588. The summed E-state index contributed by atoms with van der Waals surface area (Å²) in [6.07, 6.45) is 2.58. The highest BCUT2D eigenvalue weighted by Crippen LogP contribution is 2.20. The van der Waals surface area contributed by atoms with E-state index in [2.05, 4.69) is 10.2 Å². The third-order valence-electron chi connectivity index (χ3n) is 4.39. The standard InChI is InChI=1S/C17H25N3O2/c21-17(20-11-7-18-8-12-20)15-5-1-2-6-16(15)22-14-13-19-9-3-4-10-19/h1-2,5-6,18H,3-4,7-14H2. The highest BCUT2D eigenvalue weighted by Gasteiger charge is 2.21. The smallest absolute Gasteiger partial charge is 0.257 e. The number of ether oxygens (including phenoxy) is 1. The van der Waals surface area contributed by atoms with Gasteiger partial charge in [-0.2, -0.15) is 0 Å². The number of para-hydroxylation sites is 1. The van der Waals surface area contributed by atoms with Crippen molar-refractivity contribution in [3.8, 4) is 5.75 Å². The number of benzene rings is 1. The number of nitrogens with zero attached hydrogens (tertiary/aromatic N) is 2. The Balaban J connectivity index is 1.60. The van der Waals surface area contributed by atoms with Crippen molar-refractivity contribution >= 4 is 5.91 Å². The van der Waals surface area contributed by atoms with Crippen LogP contribution in [0.15, 0.2) is 24.3 Å². The number of rotatable bonds is 5. The number of piperazine rings is 1. The molecule has 2 aliphatic heterocycles. The molecule has 0 unspecified atom stereocenters. The predicted octanol–water partition coefficient (Wildman–Crippen LogP) is 1.21. The molecule has 1 aromatic carbocycles. The van der Waals surface area contributed by atoms with E-state index in [4.69, 9.17) is 4.74 Å². The number of likely N-dealkylation sites (tertiary alicyclic amines) is 1. The van der Waals surface area contributed by atoms with Crippen LogP contribution in [0.2, 0.25) is 0 Å². The summed E-state index contributed by atoms with van der Waals surface area (Å²) in [6, 6.07) is 7.61. The van der Waals surface area contributed by atoms with Gasteiger partial charge in [-0.05, 0) is 38.1 Å². The number of hydrogen-bond acceptors (Lipinski definition) is 4. The zero-order chi connectivity index (χ0) is 15.2. The molecule has 0 aliphatic carbocycles. The normalized spacial score (nSPS) is 19.4. The van der Waals surface area contributed by atoms with Gasteiger partial charge in [0.05, 0.1) is 5.56 Å². The summed E-state index contributed by atoms with van der Waals surface area (Å²) in [6.45, 7) is 7.19. The molecular formula is C17H25N3O2. The Morgan fingerprint density at radius 3 is 2.59 bits per heavy atom. The maximum Gasteiger partial charge on any atom is 0.257 e. The fourth-order valence-electron chi connectivity index (χ4n) is 3.10. The van der Waals surface area contributed by atoms with Crippen LogP contribution < -0.4 is 10.1 Å². The molecule has 2 saturated heterocycles. The van der Waals surface area contributed by atoms with E-state index in [-0.39, 0.29) is 5.91 Å². The van der Waals surface area contributed by atoms with Crippen molar-refractivity contribution in [2.75, 3.05) is 52.4 Å². The molecule has 120 valence electrons. The lowest BCUT2D eigenvalue weighted by atomic mass is 10.1. The first-order valence-electron chi connectivity index (χ1n) is 8.29. The molecular weight excluding hydrogens is 278 g/mol. The van der Waals surface area contributed by atoms with Crippen molar-refractivity contribution in [3.05, 3.63) is 29.8 Å². The quantitative estimate of drug-likeness (QED) is 0.888. The number of hydrogen-bond donors (Lipinski definition) is 1. The van der Waals surface area contributed by atoms with Gasteiger partial charge in [-0.1, -0.05) is 12.1 Å². The second-order valence-corrected chi connectivity index (χ2v) is 5.94. The van der Waals surface area contributed by atoms with Crippen LogP contribution in [0.5, 0.6) is 5.75 Å². The Morgan fingerprint density at radius 2 is 1.82 bits per heavy atom.